The molecular formula is C24H26FN3O3S. The number of methoxy groups -OCH3 is 1. The fourth-order valence-corrected chi connectivity index (χ4v) is 3.88. The SMILES string of the molecule is COCCN(Cc1cc(NC(=O)c2cccs2)ccc1N(C)C)C(=O)c1ccc(F)cc1. The van der Waals surface area contributed by atoms with Crippen LogP contribution in [0, 0.1) is 5.82 Å². The predicted octanol–water partition coefficient (Wildman–Crippen LogP) is 4.49. The van der Waals surface area contributed by atoms with Crippen LogP contribution in [-0.4, -0.2) is 51.1 Å². The average molecular weight is 456 g/mol. The molecule has 0 bridgehead atoms. The zero-order valence-corrected chi connectivity index (χ0v) is 19.1. The highest BCUT2D eigenvalue weighted by Gasteiger charge is 2.19. The first-order valence-electron chi connectivity index (χ1n) is 10.1. The molecule has 3 rings (SSSR count). The van der Waals surface area contributed by atoms with Crippen LogP contribution in [0.15, 0.2) is 60.0 Å². The summed E-state index contributed by atoms with van der Waals surface area (Å²) in [6.45, 7) is 1.03. The fraction of sp³-hybridized carbons (Fsp3) is 0.250. The van der Waals surface area contributed by atoms with Crippen molar-refractivity contribution in [3.05, 3.63) is 81.8 Å². The molecule has 3 aromatic rings. The number of benzene rings is 2. The minimum atomic E-state index is -0.394. The number of rotatable bonds is 9. The Kier molecular flexibility index (Phi) is 7.97. The molecule has 0 aliphatic carbocycles. The zero-order chi connectivity index (χ0) is 23.1. The molecule has 8 heteroatoms. The first-order valence-corrected chi connectivity index (χ1v) is 11.0. The van der Waals surface area contributed by atoms with Gasteiger partial charge in [0.2, 0.25) is 0 Å². The van der Waals surface area contributed by atoms with Gasteiger partial charge in [-0.2, -0.15) is 0 Å². The fourth-order valence-electron chi connectivity index (χ4n) is 3.26. The molecule has 2 amide bonds. The van der Waals surface area contributed by atoms with Crippen LogP contribution in [0.3, 0.4) is 0 Å². The lowest BCUT2D eigenvalue weighted by Gasteiger charge is -2.26. The molecule has 0 fully saturated rings. The van der Waals surface area contributed by atoms with Gasteiger partial charge in [0.05, 0.1) is 11.5 Å². The number of anilines is 2. The Hall–Kier alpha value is -3.23. The van der Waals surface area contributed by atoms with Crippen LogP contribution in [0.5, 0.6) is 0 Å². The highest BCUT2D eigenvalue weighted by Crippen LogP contribution is 2.26. The number of nitrogens with zero attached hydrogens (tertiary/aromatic N) is 2. The van der Waals surface area contributed by atoms with Gasteiger partial charge in [-0.25, -0.2) is 4.39 Å². The highest BCUT2D eigenvalue weighted by molar-refractivity contribution is 7.12. The molecule has 0 saturated heterocycles. The largest absolute Gasteiger partial charge is 0.383 e. The van der Waals surface area contributed by atoms with Crippen molar-refractivity contribution in [2.75, 3.05) is 44.6 Å². The Bertz CT molecular complexity index is 1050. The van der Waals surface area contributed by atoms with Gasteiger partial charge in [-0.15, -0.1) is 11.3 Å². The molecule has 2 aromatic carbocycles. The molecular weight excluding hydrogens is 429 g/mol. The molecule has 1 N–H and O–H groups in total. The summed E-state index contributed by atoms with van der Waals surface area (Å²) in [5.41, 5.74) is 2.83. The van der Waals surface area contributed by atoms with E-state index >= 15 is 0 Å². The van der Waals surface area contributed by atoms with E-state index in [1.807, 2.05) is 48.6 Å². The van der Waals surface area contributed by atoms with Gasteiger partial charge < -0.3 is 19.9 Å². The summed E-state index contributed by atoms with van der Waals surface area (Å²) in [4.78, 5) is 29.8. The third kappa shape index (κ3) is 5.93. The van der Waals surface area contributed by atoms with Crippen molar-refractivity contribution in [1.82, 2.24) is 4.90 Å². The summed E-state index contributed by atoms with van der Waals surface area (Å²) in [5, 5.41) is 4.77. The number of nitrogens with one attached hydrogen (secondary N) is 1. The standard InChI is InChI=1S/C24H26FN3O3S/c1-27(2)21-11-10-20(26-23(29)22-5-4-14-32-22)15-18(21)16-28(12-13-31-3)24(30)17-6-8-19(25)9-7-17/h4-11,14-15H,12-13,16H2,1-3H3,(H,26,29). The van der Waals surface area contributed by atoms with Crippen molar-refractivity contribution >= 4 is 34.5 Å². The van der Waals surface area contributed by atoms with Crippen molar-refractivity contribution in [2.45, 2.75) is 6.54 Å². The molecule has 0 atom stereocenters. The third-order valence-electron chi connectivity index (χ3n) is 4.87. The van der Waals surface area contributed by atoms with Crippen LogP contribution in [-0.2, 0) is 11.3 Å². The Morgan fingerprint density at radius 3 is 2.47 bits per heavy atom. The molecule has 0 unspecified atom stereocenters. The molecule has 6 nitrogen and oxygen atoms in total. The zero-order valence-electron chi connectivity index (χ0n) is 18.3. The van der Waals surface area contributed by atoms with E-state index in [0.717, 1.165) is 11.3 Å². The Labute approximate surface area is 191 Å². The van der Waals surface area contributed by atoms with E-state index in [1.54, 1.807) is 18.1 Å². The minimum Gasteiger partial charge on any atom is -0.383 e. The number of carbonyl (C=O) groups excluding carboxylic acids is 2. The second kappa shape index (κ2) is 10.9. The molecule has 32 heavy (non-hydrogen) atoms. The number of hydrogen-bond acceptors (Lipinski definition) is 5. The maximum atomic E-state index is 13.3. The lowest BCUT2D eigenvalue weighted by atomic mass is 10.1. The molecule has 1 heterocycles. The van der Waals surface area contributed by atoms with Crippen LogP contribution in [0.4, 0.5) is 15.8 Å². The summed E-state index contributed by atoms with van der Waals surface area (Å²) < 4.78 is 18.5. The third-order valence-corrected chi connectivity index (χ3v) is 5.74. The molecule has 168 valence electrons. The van der Waals surface area contributed by atoms with Gasteiger partial charge in [0.1, 0.15) is 5.82 Å². The number of halogens is 1. The molecule has 0 aliphatic rings. The van der Waals surface area contributed by atoms with E-state index in [0.29, 0.717) is 35.8 Å². The number of thiophene rings is 1. The van der Waals surface area contributed by atoms with E-state index in [-0.39, 0.29) is 11.8 Å². The van der Waals surface area contributed by atoms with Gasteiger partial charge in [-0.3, -0.25) is 9.59 Å². The predicted molar refractivity (Wildman–Crippen MR) is 126 cm³/mol. The lowest BCUT2D eigenvalue weighted by molar-refractivity contribution is 0.0680. The van der Waals surface area contributed by atoms with Gasteiger partial charge in [0.15, 0.2) is 0 Å². The van der Waals surface area contributed by atoms with E-state index in [4.69, 9.17) is 4.74 Å². The molecule has 0 aliphatic heterocycles. The summed E-state index contributed by atoms with van der Waals surface area (Å²) >= 11 is 1.37. The van der Waals surface area contributed by atoms with Crippen LogP contribution < -0.4 is 10.2 Å². The Morgan fingerprint density at radius 2 is 1.84 bits per heavy atom. The Balaban J connectivity index is 1.88. The van der Waals surface area contributed by atoms with E-state index in [9.17, 15) is 14.0 Å². The second-order valence-corrected chi connectivity index (χ2v) is 8.34. The molecule has 0 saturated carbocycles. The molecule has 1 aromatic heterocycles. The van der Waals surface area contributed by atoms with Crippen molar-refractivity contribution < 1.29 is 18.7 Å². The van der Waals surface area contributed by atoms with Crippen LogP contribution in [0.2, 0.25) is 0 Å². The van der Waals surface area contributed by atoms with Crippen molar-refractivity contribution in [2.24, 2.45) is 0 Å². The van der Waals surface area contributed by atoms with Crippen LogP contribution in [0.25, 0.3) is 0 Å². The first-order chi connectivity index (χ1) is 15.4. The maximum Gasteiger partial charge on any atom is 0.265 e. The van der Waals surface area contributed by atoms with Crippen molar-refractivity contribution in [3.63, 3.8) is 0 Å². The highest BCUT2D eigenvalue weighted by atomic mass is 32.1. The minimum absolute atomic E-state index is 0.179. The number of carbonyl (C=O) groups is 2. The summed E-state index contributed by atoms with van der Waals surface area (Å²) in [7, 11) is 5.42. The van der Waals surface area contributed by atoms with Crippen molar-refractivity contribution in [3.8, 4) is 0 Å². The number of hydrogen-bond donors (Lipinski definition) is 1. The average Bonchev–Trinajstić information content (AvgIpc) is 3.32. The number of ether oxygens (including phenoxy) is 1. The number of amides is 2. The Morgan fingerprint density at radius 1 is 1.09 bits per heavy atom. The van der Waals surface area contributed by atoms with Crippen LogP contribution in [0.1, 0.15) is 25.6 Å². The lowest BCUT2D eigenvalue weighted by Crippen LogP contribution is -2.34. The van der Waals surface area contributed by atoms with Gasteiger partial charge in [0, 0.05) is 51.2 Å². The summed E-state index contributed by atoms with van der Waals surface area (Å²) in [6, 6.07) is 14.7. The summed E-state index contributed by atoms with van der Waals surface area (Å²) in [6.07, 6.45) is 0. The van der Waals surface area contributed by atoms with Gasteiger partial charge in [0.25, 0.3) is 11.8 Å². The van der Waals surface area contributed by atoms with Gasteiger partial charge in [-0.1, -0.05) is 6.07 Å². The van der Waals surface area contributed by atoms with E-state index < -0.39 is 5.82 Å². The van der Waals surface area contributed by atoms with Gasteiger partial charge in [-0.05, 0) is 59.5 Å². The topological polar surface area (TPSA) is 61.9 Å². The first kappa shape index (κ1) is 23.4. The maximum absolute atomic E-state index is 13.3. The molecule has 0 radical (unpaired) electrons. The van der Waals surface area contributed by atoms with E-state index in [2.05, 4.69) is 5.32 Å². The second-order valence-electron chi connectivity index (χ2n) is 7.40. The summed E-state index contributed by atoms with van der Waals surface area (Å²) in [5.74, 6) is -0.795. The monoisotopic (exact) mass is 455 g/mol. The normalized spacial score (nSPS) is 10.6. The van der Waals surface area contributed by atoms with E-state index in [1.165, 1.54) is 35.6 Å². The van der Waals surface area contributed by atoms with Crippen molar-refractivity contribution in [1.29, 1.82) is 0 Å². The smallest absolute Gasteiger partial charge is 0.265 e. The quantitative estimate of drug-likeness (QED) is 0.516. The molecule has 0 spiro atoms. The van der Waals surface area contributed by atoms with Crippen LogP contribution >= 0.6 is 11.3 Å². The van der Waals surface area contributed by atoms with Gasteiger partial charge >= 0.3 is 0 Å².